The maximum atomic E-state index is 10.8. The summed E-state index contributed by atoms with van der Waals surface area (Å²) < 4.78 is 0. The minimum absolute atomic E-state index is 0.390. The Morgan fingerprint density at radius 1 is 1.58 bits per heavy atom. The number of carbonyl (C=O) groups excluding carboxylic acids is 1. The van der Waals surface area contributed by atoms with E-state index in [0.29, 0.717) is 0 Å². The van der Waals surface area contributed by atoms with Crippen molar-refractivity contribution in [2.75, 3.05) is 6.26 Å². The van der Waals surface area contributed by atoms with E-state index in [1.54, 1.807) is 5.41 Å². The molecule has 0 aromatic heterocycles. The summed E-state index contributed by atoms with van der Waals surface area (Å²) in [5, 5.41) is 12.3. The Morgan fingerprint density at radius 2 is 2.17 bits per heavy atom. The van der Waals surface area contributed by atoms with Gasteiger partial charge in [0.15, 0.2) is 0 Å². The molecule has 1 unspecified atom stereocenters. The van der Waals surface area contributed by atoms with Crippen LogP contribution < -0.4 is 5.32 Å². The van der Waals surface area contributed by atoms with E-state index in [4.69, 9.17) is 5.11 Å². The minimum atomic E-state index is -1.04. The summed E-state index contributed by atoms with van der Waals surface area (Å²) in [4.78, 5) is 21.1. The first-order chi connectivity index (χ1) is 5.57. The quantitative estimate of drug-likeness (QED) is 0.630. The van der Waals surface area contributed by atoms with E-state index in [1.807, 2.05) is 6.26 Å². The summed E-state index contributed by atoms with van der Waals surface area (Å²) in [5.41, 5.74) is 0. The molecule has 5 heteroatoms. The zero-order valence-corrected chi connectivity index (χ0v) is 7.72. The zero-order valence-electron chi connectivity index (χ0n) is 6.90. The number of hydrogen-bond donors (Lipinski definition) is 2. The van der Waals surface area contributed by atoms with Crippen LogP contribution in [0.5, 0.6) is 0 Å². The predicted octanol–water partition coefficient (Wildman–Crippen LogP) is 0.452. The molecular formula is C7H11NO3S. The topological polar surface area (TPSA) is 66.4 Å². The number of hydrogen-bond acceptors (Lipinski definition) is 3. The molecule has 0 aliphatic rings. The number of nitrogens with one attached hydrogen (secondary N) is 1. The van der Waals surface area contributed by atoms with Crippen molar-refractivity contribution in [3.05, 3.63) is 11.5 Å². The van der Waals surface area contributed by atoms with E-state index in [9.17, 15) is 9.59 Å². The first kappa shape index (κ1) is 11.0. The number of carbonyl (C=O) groups is 2. The molecule has 1 amide bonds. The fraction of sp³-hybridized carbons (Fsp3) is 0.429. The first-order valence-electron chi connectivity index (χ1n) is 3.30. The molecule has 0 rings (SSSR count). The van der Waals surface area contributed by atoms with Gasteiger partial charge in [-0.25, -0.2) is 0 Å². The van der Waals surface area contributed by atoms with Crippen LogP contribution in [0.25, 0.3) is 0 Å². The van der Waals surface area contributed by atoms with E-state index in [2.05, 4.69) is 5.32 Å². The molecule has 0 aliphatic heterocycles. The van der Waals surface area contributed by atoms with Crippen LogP contribution in [0.4, 0.5) is 0 Å². The van der Waals surface area contributed by atoms with Gasteiger partial charge in [0.25, 0.3) is 0 Å². The standard InChI is InChI=1S/C7H11NO3S/c1-5(7(10)11)8-6(9)3-4-12-2/h3-5H,1-2H3,(H,8,9)(H,10,11)/b4-3+. The van der Waals surface area contributed by atoms with Gasteiger partial charge in [0, 0.05) is 6.08 Å². The van der Waals surface area contributed by atoms with E-state index < -0.39 is 12.0 Å². The SMILES string of the molecule is CS/C=C/C(=O)NC(C)C(=O)O. The van der Waals surface area contributed by atoms with Crippen molar-refractivity contribution in [3.63, 3.8) is 0 Å². The molecule has 0 radical (unpaired) electrons. The molecule has 12 heavy (non-hydrogen) atoms. The Labute approximate surface area is 75.0 Å². The highest BCUT2D eigenvalue weighted by atomic mass is 32.2. The fourth-order valence-electron chi connectivity index (χ4n) is 0.453. The van der Waals surface area contributed by atoms with Gasteiger partial charge >= 0.3 is 5.97 Å². The Bertz CT molecular complexity index is 203. The Hall–Kier alpha value is -0.970. The van der Waals surface area contributed by atoms with Gasteiger partial charge in [-0.3, -0.25) is 9.59 Å². The molecule has 0 bridgehead atoms. The molecule has 0 aromatic rings. The molecule has 0 fully saturated rings. The van der Waals surface area contributed by atoms with Gasteiger partial charge in [-0.2, -0.15) is 0 Å². The second-order valence-corrected chi connectivity index (χ2v) is 2.85. The molecule has 0 aliphatic carbocycles. The van der Waals surface area contributed by atoms with E-state index >= 15 is 0 Å². The second kappa shape index (κ2) is 5.65. The van der Waals surface area contributed by atoms with Crippen LogP contribution in [0, 0.1) is 0 Å². The van der Waals surface area contributed by atoms with Gasteiger partial charge in [-0.05, 0) is 18.6 Å². The molecule has 68 valence electrons. The summed E-state index contributed by atoms with van der Waals surface area (Å²) in [5.74, 6) is -1.43. The van der Waals surface area contributed by atoms with Crippen LogP contribution in [0.15, 0.2) is 11.5 Å². The maximum absolute atomic E-state index is 10.8. The molecule has 0 saturated heterocycles. The molecule has 2 N–H and O–H groups in total. The van der Waals surface area contributed by atoms with Gasteiger partial charge in [-0.1, -0.05) is 0 Å². The maximum Gasteiger partial charge on any atom is 0.325 e. The fourth-order valence-corrected chi connectivity index (χ4v) is 0.713. The van der Waals surface area contributed by atoms with Crippen molar-refractivity contribution in [2.24, 2.45) is 0 Å². The van der Waals surface area contributed by atoms with Crippen LogP contribution in [0.1, 0.15) is 6.92 Å². The third-order valence-electron chi connectivity index (χ3n) is 1.08. The minimum Gasteiger partial charge on any atom is -0.480 e. The number of rotatable bonds is 4. The van der Waals surface area contributed by atoms with Crippen LogP contribution in [0.3, 0.4) is 0 Å². The molecule has 4 nitrogen and oxygen atoms in total. The van der Waals surface area contributed by atoms with Gasteiger partial charge < -0.3 is 10.4 Å². The Balaban J connectivity index is 3.84. The zero-order chi connectivity index (χ0) is 9.56. The number of aliphatic carboxylic acids is 1. The third-order valence-corrected chi connectivity index (χ3v) is 1.49. The average molecular weight is 189 g/mol. The van der Waals surface area contributed by atoms with Crippen molar-refractivity contribution < 1.29 is 14.7 Å². The normalized spacial score (nSPS) is 12.8. The summed E-state index contributed by atoms with van der Waals surface area (Å²) in [6.45, 7) is 1.41. The van der Waals surface area contributed by atoms with Gasteiger partial charge in [-0.15, -0.1) is 11.8 Å². The summed E-state index contributed by atoms with van der Waals surface area (Å²) in [6, 6.07) is -0.844. The van der Waals surface area contributed by atoms with E-state index in [0.717, 1.165) is 0 Å². The van der Waals surface area contributed by atoms with Crippen molar-refractivity contribution in [3.8, 4) is 0 Å². The lowest BCUT2D eigenvalue weighted by atomic mass is 10.3. The highest BCUT2D eigenvalue weighted by Crippen LogP contribution is 1.92. The monoisotopic (exact) mass is 189 g/mol. The molecular weight excluding hydrogens is 178 g/mol. The van der Waals surface area contributed by atoms with Crippen molar-refractivity contribution in [1.29, 1.82) is 0 Å². The lowest BCUT2D eigenvalue weighted by molar-refractivity contribution is -0.140. The van der Waals surface area contributed by atoms with Gasteiger partial charge in [0.05, 0.1) is 0 Å². The van der Waals surface area contributed by atoms with Gasteiger partial charge in [0.2, 0.25) is 5.91 Å². The lowest BCUT2D eigenvalue weighted by Crippen LogP contribution is -2.37. The molecule has 1 atom stereocenters. The number of carboxylic acid groups (broad SMARTS) is 1. The highest BCUT2D eigenvalue weighted by Gasteiger charge is 2.11. The molecule has 0 heterocycles. The predicted molar refractivity (Wildman–Crippen MR) is 47.9 cm³/mol. The third kappa shape index (κ3) is 4.79. The van der Waals surface area contributed by atoms with E-state index in [-0.39, 0.29) is 5.91 Å². The van der Waals surface area contributed by atoms with Crippen molar-refractivity contribution in [1.82, 2.24) is 5.32 Å². The van der Waals surface area contributed by atoms with Crippen LogP contribution in [-0.4, -0.2) is 29.3 Å². The van der Waals surface area contributed by atoms with E-state index in [1.165, 1.54) is 24.8 Å². The molecule has 0 aromatic carbocycles. The average Bonchev–Trinajstić information content (AvgIpc) is 2.00. The Kier molecular flexibility index (Phi) is 5.19. The molecule has 0 spiro atoms. The van der Waals surface area contributed by atoms with Crippen LogP contribution >= 0.6 is 11.8 Å². The summed E-state index contributed by atoms with van der Waals surface area (Å²) in [7, 11) is 0. The smallest absolute Gasteiger partial charge is 0.325 e. The first-order valence-corrected chi connectivity index (χ1v) is 4.59. The van der Waals surface area contributed by atoms with Gasteiger partial charge in [0.1, 0.15) is 6.04 Å². The van der Waals surface area contributed by atoms with Crippen LogP contribution in [0.2, 0.25) is 0 Å². The highest BCUT2D eigenvalue weighted by molar-refractivity contribution is 8.01. The van der Waals surface area contributed by atoms with Crippen molar-refractivity contribution >= 4 is 23.6 Å². The number of amides is 1. The summed E-state index contributed by atoms with van der Waals surface area (Å²) in [6.07, 6.45) is 3.11. The van der Waals surface area contributed by atoms with Crippen molar-refractivity contribution in [2.45, 2.75) is 13.0 Å². The number of thioether (sulfide) groups is 1. The summed E-state index contributed by atoms with van der Waals surface area (Å²) >= 11 is 1.38. The van der Waals surface area contributed by atoms with Crippen LogP contribution in [-0.2, 0) is 9.59 Å². The number of carboxylic acids is 1. The largest absolute Gasteiger partial charge is 0.480 e. The molecule has 0 saturated carbocycles. The lowest BCUT2D eigenvalue weighted by Gasteiger charge is -2.05. The second-order valence-electron chi connectivity index (χ2n) is 2.11. The Morgan fingerprint density at radius 3 is 2.58 bits per heavy atom.